The molecule has 0 saturated carbocycles. The van der Waals surface area contributed by atoms with Gasteiger partial charge >= 0.3 is 0 Å². The van der Waals surface area contributed by atoms with Crippen LogP contribution in [0.1, 0.15) is 71.6 Å². The summed E-state index contributed by atoms with van der Waals surface area (Å²) in [6.07, 6.45) is 11.5. The highest BCUT2D eigenvalue weighted by atomic mass is 16.5. The molecule has 1 rings (SSSR count). The highest BCUT2D eigenvalue weighted by Gasteiger charge is 2.27. The van der Waals surface area contributed by atoms with Crippen molar-refractivity contribution < 1.29 is 4.74 Å². The lowest BCUT2D eigenvalue weighted by Crippen LogP contribution is -2.48. The minimum atomic E-state index is -0.0205. The van der Waals surface area contributed by atoms with E-state index >= 15 is 0 Å². The van der Waals surface area contributed by atoms with Crippen LogP contribution in [0.25, 0.3) is 0 Å². The molecule has 0 amide bonds. The van der Waals surface area contributed by atoms with Crippen molar-refractivity contribution in [1.29, 1.82) is 0 Å². The molecular formula is C14H29NO. The van der Waals surface area contributed by atoms with Gasteiger partial charge in [-0.1, -0.05) is 39.5 Å². The largest absolute Gasteiger partial charge is 0.361 e. The maximum Gasteiger partial charge on any atom is 0.118 e. The number of hydrogen-bond donors (Lipinski definition) is 1. The van der Waals surface area contributed by atoms with Crippen LogP contribution < -0.4 is 5.32 Å². The van der Waals surface area contributed by atoms with Crippen molar-refractivity contribution in [3.8, 4) is 0 Å². The first-order chi connectivity index (χ1) is 7.83. The SMILES string of the molecule is CCCNC1(CC)CCCCCCCCO1. The molecule has 0 aromatic heterocycles. The Morgan fingerprint density at radius 1 is 1.00 bits per heavy atom. The molecule has 1 unspecified atom stereocenters. The minimum absolute atomic E-state index is 0.0205. The molecule has 96 valence electrons. The van der Waals surface area contributed by atoms with Gasteiger partial charge in [-0.15, -0.1) is 0 Å². The molecule has 16 heavy (non-hydrogen) atoms. The van der Waals surface area contributed by atoms with E-state index in [4.69, 9.17) is 4.74 Å². The Labute approximate surface area is 101 Å². The van der Waals surface area contributed by atoms with Crippen LogP contribution in [0.2, 0.25) is 0 Å². The summed E-state index contributed by atoms with van der Waals surface area (Å²) < 4.78 is 6.15. The topological polar surface area (TPSA) is 21.3 Å². The molecule has 0 aromatic rings. The predicted octanol–water partition coefficient (Wildman–Crippen LogP) is 3.85. The fraction of sp³-hybridized carbons (Fsp3) is 1.00. The van der Waals surface area contributed by atoms with Crippen LogP contribution >= 0.6 is 0 Å². The van der Waals surface area contributed by atoms with Crippen LogP contribution in [0.4, 0.5) is 0 Å². The zero-order valence-electron chi connectivity index (χ0n) is 11.2. The summed E-state index contributed by atoms with van der Waals surface area (Å²) in [4.78, 5) is 0. The summed E-state index contributed by atoms with van der Waals surface area (Å²) in [5.41, 5.74) is -0.0205. The van der Waals surface area contributed by atoms with Gasteiger partial charge in [-0.3, -0.25) is 5.32 Å². The Bertz CT molecular complexity index is 160. The second-order valence-electron chi connectivity index (χ2n) is 4.99. The van der Waals surface area contributed by atoms with E-state index in [0.717, 1.165) is 19.6 Å². The molecule has 0 aliphatic carbocycles. The Kier molecular flexibility index (Phi) is 7.06. The van der Waals surface area contributed by atoms with Gasteiger partial charge in [0, 0.05) is 6.61 Å². The molecule has 1 aliphatic heterocycles. The molecule has 0 spiro atoms. The van der Waals surface area contributed by atoms with Crippen LogP contribution in [0.15, 0.2) is 0 Å². The maximum absolute atomic E-state index is 6.15. The Hall–Kier alpha value is -0.0800. The van der Waals surface area contributed by atoms with Crippen molar-refractivity contribution in [3.63, 3.8) is 0 Å². The Morgan fingerprint density at radius 3 is 2.38 bits per heavy atom. The quantitative estimate of drug-likeness (QED) is 0.787. The standard InChI is InChI=1S/C14H29NO/c1-3-12-15-14(4-2)11-9-7-5-6-8-10-13-16-14/h15H,3-13H2,1-2H3. The van der Waals surface area contributed by atoms with E-state index in [1.54, 1.807) is 0 Å². The van der Waals surface area contributed by atoms with E-state index in [9.17, 15) is 0 Å². The second kappa shape index (κ2) is 8.08. The zero-order chi connectivity index (χ0) is 11.7. The average Bonchev–Trinajstić information content (AvgIpc) is 2.34. The fourth-order valence-electron chi connectivity index (χ4n) is 2.46. The summed E-state index contributed by atoms with van der Waals surface area (Å²) in [5.74, 6) is 0. The lowest BCUT2D eigenvalue weighted by Gasteiger charge is -2.35. The van der Waals surface area contributed by atoms with E-state index in [2.05, 4.69) is 19.2 Å². The van der Waals surface area contributed by atoms with Crippen LogP contribution in [0, 0.1) is 0 Å². The van der Waals surface area contributed by atoms with Crippen molar-refractivity contribution in [2.24, 2.45) is 0 Å². The van der Waals surface area contributed by atoms with E-state index in [1.165, 1.54) is 51.4 Å². The van der Waals surface area contributed by atoms with E-state index in [0.29, 0.717) is 0 Å². The van der Waals surface area contributed by atoms with Crippen molar-refractivity contribution >= 4 is 0 Å². The van der Waals surface area contributed by atoms with Crippen LogP contribution in [-0.2, 0) is 4.74 Å². The van der Waals surface area contributed by atoms with Crippen LogP contribution in [0.5, 0.6) is 0 Å². The molecule has 1 fully saturated rings. The average molecular weight is 227 g/mol. The summed E-state index contributed by atoms with van der Waals surface area (Å²) in [5, 5.41) is 3.63. The molecular weight excluding hydrogens is 198 g/mol. The predicted molar refractivity (Wildman–Crippen MR) is 69.6 cm³/mol. The van der Waals surface area contributed by atoms with E-state index in [-0.39, 0.29) is 5.72 Å². The maximum atomic E-state index is 6.15. The van der Waals surface area contributed by atoms with Gasteiger partial charge in [-0.05, 0) is 38.6 Å². The Balaban J connectivity index is 2.46. The summed E-state index contributed by atoms with van der Waals surface area (Å²) >= 11 is 0. The van der Waals surface area contributed by atoms with Gasteiger partial charge < -0.3 is 4.74 Å². The van der Waals surface area contributed by atoms with Gasteiger partial charge in [0.05, 0.1) is 0 Å². The second-order valence-corrected chi connectivity index (χ2v) is 4.99. The fourth-order valence-corrected chi connectivity index (χ4v) is 2.46. The van der Waals surface area contributed by atoms with E-state index in [1.807, 2.05) is 0 Å². The van der Waals surface area contributed by atoms with Crippen molar-refractivity contribution in [3.05, 3.63) is 0 Å². The minimum Gasteiger partial charge on any atom is -0.361 e. The number of nitrogens with one attached hydrogen (secondary N) is 1. The van der Waals surface area contributed by atoms with Crippen molar-refractivity contribution in [1.82, 2.24) is 5.32 Å². The summed E-state index contributed by atoms with van der Waals surface area (Å²) in [6.45, 7) is 6.48. The molecule has 1 saturated heterocycles. The Morgan fingerprint density at radius 2 is 1.69 bits per heavy atom. The number of hydrogen-bond acceptors (Lipinski definition) is 2. The lowest BCUT2D eigenvalue weighted by atomic mass is 9.99. The van der Waals surface area contributed by atoms with Crippen LogP contribution in [0.3, 0.4) is 0 Å². The number of rotatable bonds is 4. The van der Waals surface area contributed by atoms with Crippen molar-refractivity contribution in [2.75, 3.05) is 13.2 Å². The van der Waals surface area contributed by atoms with Gasteiger partial charge in [0.25, 0.3) is 0 Å². The number of ether oxygens (including phenoxy) is 1. The van der Waals surface area contributed by atoms with Gasteiger partial charge in [0.2, 0.25) is 0 Å². The molecule has 0 radical (unpaired) electrons. The molecule has 1 aliphatic rings. The molecule has 1 heterocycles. The first-order valence-corrected chi connectivity index (χ1v) is 7.22. The van der Waals surface area contributed by atoms with E-state index < -0.39 is 0 Å². The summed E-state index contributed by atoms with van der Waals surface area (Å²) in [7, 11) is 0. The third-order valence-electron chi connectivity index (χ3n) is 3.62. The van der Waals surface area contributed by atoms with Gasteiger partial charge in [0.1, 0.15) is 5.72 Å². The smallest absolute Gasteiger partial charge is 0.118 e. The van der Waals surface area contributed by atoms with Crippen molar-refractivity contribution in [2.45, 2.75) is 77.4 Å². The highest BCUT2D eigenvalue weighted by molar-refractivity contribution is 4.77. The lowest BCUT2D eigenvalue weighted by molar-refractivity contribution is -0.0832. The molecule has 2 heteroatoms. The summed E-state index contributed by atoms with van der Waals surface area (Å²) in [6, 6.07) is 0. The first-order valence-electron chi connectivity index (χ1n) is 7.22. The first kappa shape index (κ1) is 14.0. The third-order valence-corrected chi connectivity index (χ3v) is 3.62. The van der Waals surface area contributed by atoms with Gasteiger partial charge in [-0.2, -0.15) is 0 Å². The molecule has 1 N–H and O–H groups in total. The van der Waals surface area contributed by atoms with Crippen LogP contribution in [-0.4, -0.2) is 18.9 Å². The van der Waals surface area contributed by atoms with Gasteiger partial charge in [0.15, 0.2) is 0 Å². The third kappa shape index (κ3) is 4.84. The normalized spacial score (nSPS) is 28.9. The molecule has 2 nitrogen and oxygen atoms in total. The van der Waals surface area contributed by atoms with Gasteiger partial charge in [-0.25, -0.2) is 0 Å². The highest BCUT2D eigenvalue weighted by Crippen LogP contribution is 2.23. The zero-order valence-corrected chi connectivity index (χ0v) is 11.2. The molecule has 1 atom stereocenters. The molecule has 0 aromatic carbocycles. The molecule has 0 bridgehead atoms. The monoisotopic (exact) mass is 227 g/mol.